The number of aromatic nitrogens is 3. The second kappa shape index (κ2) is 2.16. The summed E-state index contributed by atoms with van der Waals surface area (Å²) in [5.41, 5.74) is 6.27. The molecule has 2 aromatic rings. The van der Waals surface area contributed by atoms with Gasteiger partial charge in [-0.3, -0.25) is 0 Å². The van der Waals surface area contributed by atoms with Crippen LogP contribution >= 0.6 is 0 Å². The highest BCUT2D eigenvalue weighted by Gasteiger charge is 1.93. The molecule has 11 heavy (non-hydrogen) atoms. The number of anilines is 1. The molecule has 0 bridgehead atoms. The smallest absolute Gasteiger partial charge is 0.124 e. The lowest BCUT2D eigenvalue weighted by Crippen LogP contribution is -1.90. The molecule has 0 aromatic carbocycles. The summed E-state index contributed by atoms with van der Waals surface area (Å²) in [6, 6.07) is 1.75. The minimum absolute atomic E-state index is 0.493. The van der Waals surface area contributed by atoms with Gasteiger partial charge in [-0.05, 0) is 6.07 Å². The maximum atomic E-state index is 5.46. The van der Waals surface area contributed by atoms with E-state index in [4.69, 9.17) is 5.73 Å². The molecule has 0 atom stereocenters. The summed E-state index contributed by atoms with van der Waals surface area (Å²) < 4.78 is 0. The first kappa shape index (κ1) is 6.03. The van der Waals surface area contributed by atoms with Gasteiger partial charge in [-0.25, -0.2) is 15.0 Å². The SMILES string of the molecule is Nc1cc2cncnc2cn1. The molecular formula is C7H6N4. The van der Waals surface area contributed by atoms with E-state index < -0.39 is 0 Å². The maximum absolute atomic E-state index is 5.46. The third-order valence-corrected chi connectivity index (χ3v) is 1.41. The highest BCUT2D eigenvalue weighted by Crippen LogP contribution is 2.09. The number of pyridine rings is 1. The lowest BCUT2D eigenvalue weighted by molar-refractivity contribution is 1.20. The van der Waals surface area contributed by atoms with Gasteiger partial charge in [-0.2, -0.15) is 0 Å². The first-order chi connectivity index (χ1) is 5.36. The van der Waals surface area contributed by atoms with Crippen LogP contribution in [0, 0.1) is 0 Å². The third-order valence-electron chi connectivity index (χ3n) is 1.41. The summed E-state index contributed by atoms with van der Waals surface area (Å²) in [5.74, 6) is 0.493. The van der Waals surface area contributed by atoms with Crippen molar-refractivity contribution >= 4 is 16.7 Å². The van der Waals surface area contributed by atoms with Gasteiger partial charge in [0.05, 0.1) is 11.7 Å². The minimum atomic E-state index is 0.493. The second-order valence-corrected chi connectivity index (χ2v) is 2.19. The fraction of sp³-hybridized carbons (Fsp3) is 0. The van der Waals surface area contributed by atoms with Crippen LogP contribution in [0.4, 0.5) is 5.82 Å². The van der Waals surface area contributed by atoms with Gasteiger partial charge in [0.2, 0.25) is 0 Å². The van der Waals surface area contributed by atoms with Gasteiger partial charge in [0.25, 0.3) is 0 Å². The Morgan fingerprint density at radius 3 is 3.00 bits per heavy atom. The monoisotopic (exact) mass is 146 g/mol. The Morgan fingerprint density at radius 1 is 1.18 bits per heavy atom. The molecule has 0 spiro atoms. The molecule has 2 heterocycles. The van der Waals surface area contributed by atoms with Gasteiger partial charge in [0, 0.05) is 11.6 Å². The average molecular weight is 146 g/mol. The third kappa shape index (κ3) is 0.980. The molecule has 0 unspecified atom stereocenters. The number of rotatable bonds is 0. The Labute approximate surface area is 63.1 Å². The predicted octanol–water partition coefficient (Wildman–Crippen LogP) is 0.607. The van der Waals surface area contributed by atoms with Crippen LogP contribution in [0.1, 0.15) is 0 Å². The van der Waals surface area contributed by atoms with Gasteiger partial charge in [0.1, 0.15) is 12.1 Å². The fourth-order valence-corrected chi connectivity index (χ4v) is 0.901. The summed E-state index contributed by atoms with van der Waals surface area (Å²) in [5, 5.41) is 0.917. The van der Waals surface area contributed by atoms with Crippen molar-refractivity contribution in [2.75, 3.05) is 5.73 Å². The van der Waals surface area contributed by atoms with Crippen molar-refractivity contribution in [3.8, 4) is 0 Å². The molecule has 2 rings (SSSR count). The topological polar surface area (TPSA) is 64.7 Å². The summed E-state index contributed by atoms with van der Waals surface area (Å²) in [4.78, 5) is 11.7. The van der Waals surface area contributed by atoms with E-state index in [1.54, 1.807) is 18.5 Å². The largest absolute Gasteiger partial charge is 0.384 e. The number of hydrogen-bond acceptors (Lipinski definition) is 4. The van der Waals surface area contributed by atoms with Gasteiger partial charge < -0.3 is 5.73 Å². The fourth-order valence-electron chi connectivity index (χ4n) is 0.901. The van der Waals surface area contributed by atoms with Crippen LogP contribution < -0.4 is 5.73 Å². The molecule has 4 heteroatoms. The molecule has 0 aliphatic carbocycles. The number of nitrogen functional groups attached to an aromatic ring is 1. The Kier molecular flexibility index (Phi) is 1.18. The standard InChI is InChI=1S/C7H6N4/c8-7-1-5-2-9-4-11-6(5)3-10-7/h1-4H,(H2,8,10). The molecule has 2 N–H and O–H groups in total. The normalized spacial score (nSPS) is 10.2. The molecule has 0 aliphatic rings. The summed E-state index contributed by atoms with van der Waals surface area (Å²) in [7, 11) is 0. The van der Waals surface area contributed by atoms with Crippen molar-refractivity contribution in [3.05, 3.63) is 24.8 Å². The maximum Gasteiger partial charge on any atom is 0.124 e. The first-order valence-corrected chi connectivity index (χ1v) is 3.17. The average Bonchev–Trinajstić information content (AvgIpc) is 2.04. The molecule has 0 aliphatic heterocycles. The van der Waals surface area contributed by atoms with Gasteiger partial charge in [-0.1, -0.05) is 0 Å². The van der Waals surface area contributed by atoms with Crippen LogP contribution in [0.25, 0.3) is 10.9 Å². The molecule has 54 valence electrons. The van der Waals surface area contributed by atoms with Gasteiger partial charge in [0.15, 0.2) is 0 Å². The zero-order chi connectivity index (χ0) is 7.68. The van der Waals surface area contributed by atoms with E-state index in [0.717, 1.165) is 10.9 Å². The Morgan fingerprint density at radius 2 is 2.09 bits per heavy atom. The Bertz CT molecular complexity index is 385. The lowest BCUT2D eigenvalue weighted by Gasteiger charge is -1.94. The highest BCUT2D eigenvalue weighted by molar-refractivity contribution is 5.78. The van der Waals surface area contributed by atoms with Crippen LogP contribution in [0.15, 0.2) is 24.8 Å². The van der Waals surface area contributed by atoms with Crippen LogP contribution in [0.5, 0.6) is 0 Å². The van der Waals surface area contributed by atoms with Crippen molar-refractivity contribution in [3.63, 3.8) is 0 Å². The van der Waals surface area contributed by atoms with Crippen LogP contribution in [0.3, 0.4) is 0 Å². The zero-order valence-electron chi connectivity index (χ0n) is 5.73. The summed E-state index contributed by atoms with van der Waals surface area (Å²) in [6.07, 6.45) is 4.83. The first-order valence-electron chi connectivity index (χ1n) is 3.17. The van der Waals surface area contributed by atoms with E-state index in [0.29, 0.717) is 5.82 Å². The zero-order valence-corrected chi connectivity index (χ0v) is 5.73. The van der Waals surface area contributed by atoms with Crippen LogP contribution in [-0.2, 0) is 0 Å². The highest BCUT2D eigenvalue weighted by atomic mass is 14.9. The molecule has 0 saturated heterocycles. The second-order valence-electron chi connectivity index (χ2n) is 2.19. The van der Waals surface area contributed by atoms with Gasteiger partial charge >= 0.3 is 0 Å². The van der Waals surface area contributed by atoms with E-state index >= 15 is 0 Å². The van der Waals surface area contributed by atoms with Crippen molar-refractivity contribution in [1.29, 1.82) is 0 Å². The number of nitrogens with zero attached hydrogens (tertiary/aromatic N) is 3. The van der Waals surface area contributed by atoms with Gasteiger partial charge in [-0.15, -0.1) is 0 Å². The summed E-state index contributed by atoms with van der Waals surface area (Å²) >= 11 is 0. The quantitative estimate of drug-likeness (QED) is 0.591. The predicted molar refractivity (Wildman–Crippen MR) is 41.7 cm³/mol. The molecule has 4 nitrogen and oxygen atoms in total. The number of fused-ring (bicyclic) bond motifs is 1. The number of hydrogen-bond donors (Lipinski definition) is 1. The molecule has 2 aromatic heterocycles. The molecule has 0 radical (unpaired) electrons. The van der Waals surface area contributed by atoms with E-state index in [9.17, 15) is 0 Å². The van der Waals surface area contributed by atoms with E-state index in [1.807, 2.05) is 0 Å². The molecule has 0 amide bonds. The Balaban J connectivity index is 2.83. The lowest BCUT2D eigenvalue weighted by atomic mass is 10.3. The molecule has 0 fully saturated rings. The van der Waals surface area contributed by atoms with Crippen molar-refractivity contribution < 1.29 is 0 Å². The van der Waals surface area contributed by atoms with E-state index in [1.165, 1.54) is 6.33 Å². The van der Waals surface area contributed by atoms with Crippen LogP contribution in [0.2, 0.25) is 0 Å². The van der Waals surface area contributed by atoms with E-state index in [2.05, 4.69) is 15.0 Å². The number of nitrogens with two attached hydrogens (primary N) is 1. The molecule has 0 saturated carbocycles. The van der Waals surface area contributed by atoms with Crippen molar-refractivity contribution in [1.82, 2.24) is 15.0 Å². The van der Waals surface area contributed by atoms with Crippen LogP contribution in [-0.4, -0.2) is 15.0 Å². The minimum Gasteiger partial charge on any atom is -0.384 e. The Hall–Kier alpha value is -1.71. The van der Waals surface area contributed by atoms with Crippen molar-refractivity contribution in [2.24, 2.45) is 0 Å². The summed E-state index contributed by atoms with van der Waals surface area (Å²) in [6.45, 7) is 0. The van der Waals surface area contributed by atoms with Crippen molar-refractivity contribution in [2.45, 2.75) is 0 Å². The van der Waals surface area contributed by atoms with E-state index in [-0.39, 0.29) is 0 Å². The molecular weight excluding hydrogens is 140 g/mol.